The largest absolute Gasteiger partial charge is 0.493 e. The van der Waals surface area contributed by atoms with E-state index in [0.717, 1.165) is 36.1 Å². The van der Waals surface area contributed by atoms with Crippen LogP contribution in [0.3, 0.4) is 0 Å². The first-order chi connectivity index (χ1) is 9.88. The van der Waals surface area contributed by atoms with Gasteiger partial charge in [-0.3, -0.25) is 4.72 Å². The molecule has 112 valence electrons. The molecule has 0 radical (unpaired) electrons. The van der Waals surface area contributed by atoms with E-state index in [1.54, 1.807) is 11.9 Å². The molecule has 4 nitrogen and oxygen atoms in total. The average molecular weight is 297 g/mol. The Hall–Kier alpha value is -0.750. The van der Waals surface area contributed by atoms with Crippen molar-refractivity contribution in [2.75, 3.05) is 33.0 Å². The molecule has 1 aliphatic carbocycles. The van der Waals surface area contributed by atoms with Crippen LogP contribution >= 0.6 is 11.9 Å². The molecule has 0 bridgehead atoms. The van der Waals surface area contributed by atoms with Gasteiger partial charge >= 0.3 is 0 Å². The number of aliphatic hydroxyl groups is 1. The molecule has 0 aliphatic heterocycles. The van der Waals surface area contributed by atoms with Gasteiger partial charge in [0.15, 0.2) is 0 Å². The predicted molar refractivity (Wildman–Crippen MR) is 81.0 cm³/mol. The van der Waals surface area contributed by atoms with E-state index < -0.39 is 0 Å². The summed E-state index contributed by atoms with van der Waals surface area (Å²) in [6.45, 7) is 2.93. The van der Waals surface area contributed by atoms with Gasteiger partial charge in [0.25, 0.3) is 0 Å². The molecule has 5 heteroatoms. The number of benzene rings is 1. The Labute approximate surface area is 125 Å². The standard InChI is InChI=1S/C15H23NO3S/c17-8-10-18-9-2-7-16-20-15-4-1-3-14(11-15)19-12-13-5-6-13/h1,3-4,11,13,16-17H,2,5-10,12H2. The van der Waals surface area contributed by atoms with E-state index in [-0.39, 0.29) is 6.61 Å². The Morgan fingerprint density at radius 2 is 2.20 bits per heavy atom. The molecule has 0 aromatic heterocycles. The average Bonchev–Trinajstić information content (AvgIpc) is 3.29. The second kappa shape index (κ2) is 9.23. The fourth-order valence-corrected chi connectivity index (χ4v) is 2.41. The van der Waals surface area contributed by atoms with E-state index in [1.165, 1.54) is 12.8 Å². The van der Waals surface area contributed by atoms with Crippen LogP contribution in [-0.2, 0) is 4.74 Å². The quantitative estimate of drug-likeness (QED) is 0.485. The minimum absolute atomic E-state index is 0.0931. The van der Waals surface area contributed by atoms with Crippen LogP contribution in [-0.4, -0.2) is 38.1 Å². The Bertz CT molecular complexity index is 385. The van der Waals surface area contributed by atoms with Gasteiger partial charge in [-0.15, -0.1) is 0 Å². The van der Waals surface area contributed by atoms with Crippen molar-refractivity contribution in [3.63, 3.8) is 0 Å². The first kappa shape index (κ1) is 15.6. The smallest absolute Gasteiger partial charge is 0.120 e. The lowest BCUT2D eigenvalue weighted by molar-refractivity contribution is 0.0914. The minimum Gasteiger partial charge on any atom is -0.493 e. The number of rotatable bonds is 11. The van der Waals surface area contributed by atoms with Gasteiger partial charge in [-0.05, 0) is 55.3 Å². The van der Waals surface area contributed by atoms with Crippen LogP contribution in [0, 0.1) is 5.92 Å². The molecule has 2 N–H and O–H groups in total. The molecule has 0 amide bonds. The number of aliphatic hydroxyl groups excluding tert-OH is 1. The highest BCUT2D eigenvalue weighted by atomic mass is 32.2. The number of hydrogen-bond acceptors (Lipinski definition) is 5. The summed E-state index contributed by atoms with van der Waals surface area (Å²) in [5.41, 5.74) is 0. The van der Waals surface area contributed by atoms with Crippen molar-refractivity contribution < 1.29 is 14.6 Å². The maximum atomic E-state index is 8.57. The molecule has 20 heavy (non-hydrogen) atoms. The van der Waals surface area contributed by atoms with Crippen LogP contribution in [0.15, 0.2) is 29.2 Å². The maximum Gasteiger partial charge on any atom is 0.120 e. The molecule has 1 aromatic rings. The molecule has 2 rings (SSSR count). The third kappa shape index (κ3) is 6.61. The van der Waals surface area contributed by atoms with Gasteiger partial charge in [0.1, 0.15) is 5.75 Å². The second-order valence-corrected chi connectivity index (χ2v) is 5.88. The van der Waals surface area contributed by atoms with Crippen LogP contribution < -0.4 is 9.46 Å². The third-order valence-corrected chi connectivity index (χ3v) is 3.82. The molecule has 1 fully saturated rings. The number of hydrogen-bond donors (Lipinski definition) is 2. The minimum atomic E-state index is 0.0931. The van der Waals surface area contributed by atoms with E-state index in [0.29, 0.717) is 13.2 Å². The summed E-state index contributed by atoms with van der Waals surface area (Å²) in [5.74, 6) is 1.73. The van der Waals surface area contributed by atoms with Crippen molar-refractivity contribution in [3.05, 3.63) is 24.3 Å². The fourth-order valence-electron chi connectivity index (χ4n) is 1.67. The Morgan fingerprint density at radius 3 is 3.00 bits per heavy atom. The Kier molecular flexibility index (Phi) is 7.22. The van der Waals surface area contributed by atoms with Gasteiger partial charge in [-0.2, -0.15) is 0 Å². The van der Waals surface area contributed by atoms with Crippen molar-refractivity contribution in [3.8, 4) is 5.75 Å². The van der Waals surface area contributed by atoms with Gasteiger partial charge < -0.3 is 14.6 Å². The number of nitrogens with one attached hydrogen (secondary N) is 1. The van der Waals surface area contributed by atoms with Gasteiger partial charge in [0.2, 0.25) is 0 Å². The van der Waals surface area contributed by atoms with Crippen LogP contribution in [0.25, 0.3) is 0 Å². The summed E-state index contributed by atoms with van der Waals surface area (Å²) in [4.78, 5) is 1.16. The van der Waals surface area contributed by atoms with Gasteiger partial charge in [0.05, 0.1) is 19.8 Å². The van der Waals surface area contributed by atoms with E-state index in [9.17, 15) is 0 Å². The summed E-state index contributed by atoms with van der Waals surface area (Å²) >= 11 is 1.61. The van der Waals surface area contributed by atoms with E-state index >= 15 is 0 Å². The van der Waals surface area contributed by atoms with E-state index in [2.05, 4.69) is 16.9 Å². The molecule has 0 atom stereocenters. The van der Waals surface area contributed by atoms with Crippen LogP contribution in [0.5, 0.6) is 5.75 Å². The summed E-state index contributed by atoms with van der Waals surface area (Å²) in [6, 6.07) is 8.18. The summed E-state index contributed by atoms with van der Waals surface area (Å²) in [6.07, 6.45) is 3.56. The normalized spacial score (nSPS) is 14.4. The molecule has 0 unspecified atom stereocenters. The zero-order chi connectivity index (χ0) is 14.0. The molecule has 0 spiro atoms. The molecular weight excluding hydrogens is 274 g/mol. The van der Waals surface area contributed by atoms with Crippen molar-refractivity contribution in [1.82, 2.24) is 4.72 Å². The Morgan fingerprint density at radius 1 is 1.30 bits per heavy atom. The zero-order valence-corrected chi connectivity index (χ0v) is 12.5. The van der Waals surface area contributed by atoms with Gasteiger partial charge in [0, 0.05) is 18.0 Å². The third-order valence-electron chi connectivity index (χ3n) is 2.98. The highest BCUT2D eigenvalue weighted by Crippen LogP contribution is 2.30. The lowest BCUT2D eigenvalue weighted by Crippen LogP contribution is -2.10. The zero-order valence-electron chi connectivity index (χ0n) is 11.7. The SMILES string of the molecule is OCCOCCCNSc1cccc(OCC2CC2)c1. The van der Waals surface area contributed by atoms with E-state index in [4.69, 9.17) is 14.6 Å². The highest BCUT2D eigenvalue weighted by Gasteiger charge is 2.21. The van der Waals surface area contributed by atoms with Gasteiger partial charge in [-0.1, -0.05) is 6.07 Å². The molecule has 1 aromatic carbocycles. The molecule has 1 aliphatic rings. The van der Waals surface area contributed by atoms with Crippen LogP contribution in [0.4, 0.5) is 0 Å². The predicted octanol–water partition coefficient (Wildman–Crippen LogP) is 2.47. The molecular formula is C15H23NO3S. The van der Waals surface area contributed by atoms with Crippen molar-refractivity contribution in [2.24, 2.45) is 5.92 Å². The molecule has 0 saturated heterocycles. The summed E-state index contributed by atoms with van der Waals surface area (Å²) in [5, 5.41) is 8.57. The first-order valence-corrected chi connectivity index (χ1v) is 8.01. The topological polar surface area (TPSA) is 50.7 Å². The summed E-state index contributed by atoms with van der Waals surface area (Å²) < 4.78 is 14.3. The highest BCUT2D eigenvalue weighted by molar-refractivity contribution is 7.97. The van der Waals surface area contributed by atoms with Crippen LogP contribution in [0.1, 0.15) is 19.3 Å². The second-order valence-electron chi connectivity index (χ2n) is 4.92. The lowest BCUT2D eigenvalue weighted by atomic mass is 10.3. The van der Waals surface area contributed by atoms with E-state index in [1.807, 2.05) is 12.1 Å². The van der Waals surface area contributed by atoms with Crippen molar-refractivity contribution in [2.45, 2.75) is 24.2 Å². The van der Waals surface area contributed by atoms with Crippen molar-refractivity contribution >= 4 is 11.9 Å². The lowest BCUT2D eigenvalue weighted by Gasteiger charge is -2.08. The monoisotopic (exact) mass is 297 g/mol. The summed E-state index contributed by atoms with van der Waals surface area (Å²) in [7, 11) is 0. The van der Waals surface area contributed by atoms with Crippen molar-refractivity contribution in [1.29, 1.82) is 0 Å². The van der Waals surface area contributed by atoms with Gasteiger partial charge in [-0.25, -0.2) is 0 Å². The molecule has 1 saturated carbocycles. The fraction of sp³-hybridized carbons (Fsp3) is 0.600. The Balaban J connectivity index is 1.58. The first-order valence-electron chi connectivity index (χ1n) is 7.19. The molecule has 0 heterocycles. The number of ether oxygens (including phenoxy) is 2. The maximum absolute atomic E-state index is 8.57. The van der Waals surface area contributed by atoms with Crippen LogP contribution in [0.2, 0.25) is 0 Å².